The molecule has 3 N–H and O–H groups in total. The largest absolute Gasteiger partial charge is 0.421 e. The quantitative estimate of drug-likeness (QED) is 0.831. The second-order valence-electron chi connectivity index (χ2n) is 3.47. The van der Waals surface area contributed by atoms with Crippen molar-refractivity contribution in [2.24, 2.45) is 0 Å². The van der Waals surface area contributed by atoms with Crippen LogP contribution in [0.15, 0.2) is 24.4 Å². The number of nitrogens with one attached hydrogen (secondary N) is 1. The van der Waals surface area contributed by atoms with E-state index in [1.807, 2.05) is 0 Å². The van der Waals surface area contributed by atoms with Crippen LogP contribution in [-0.2, 0) is 6.18 Å². The Morgan fingerprint density at radius 1 is 1.21 bits per heavy atom. The molecule has 2 aromatic rings. The third-order valence-corrected chi connectivity index (χ3v) is 2.26. The zero-order chi connectivity index (χ0) is 14.0. The lowest BCUT2D eigenvalue weighted by Crippen LogP contribution is -2.12. The van der Waals surface area contributed by atoms with Gasteiger partial charge in [0, 0.05) is 6.20 Å². The van der Waals surface area contributed by atoms with Crippen molar-refractivity contribution >= 4 is 29.1 Å². The van der Waals surface area contributed by atoms with Crippen molar-refractivity contribution in [1.82, 2.24) is 15.0 Å². The summed E-state index contributed by atoms with van der Waals surface area (Å²) in [5, 5.41) is 2.11. The minimum atomic E-state index is -4.60. The van der Waals surface area contributed by atoms with E-state index >= 15 is 0 Å². The van der Waals surface area contributed by atoms with E-state index in [-0.39, 0.29) is 16.9 Å². The Morgan fingerprint density at radius 2 is 1.95 bits per heavy atom. The summed E-state index contributed by atoms with van der Waals surface area (Å²) in [5.41, 5.74) is 4.39. The molecule has 0 aromatic carbocycles. The maximum atomic E-state index is 12.8. The molecule has 2 heterocycles. The fourth-order valence-electron chi connectivity index (χ4n) is 1.31. The standard InChI is InChI=1S/C10H7ClF3N5/c11-9-16-4-5(10(12,13)14)8(19-9)18-7-3-1-2-6(15)17-7/h1-4H,(H3,15,16,17,18,19). The number of rotatable bonds is 2. The van der Waals surface area contributed by atoms with Crippen LogP contribution in [0.3, 0.4) is 0 Å². The van der Waals surface area contributed by atoms with E-state index < -0.39 is 17.6 Å². The molecule has 0 aliphatic rings. The number of nitrogens with zero attached hydrogens (tertiary/aromatic N) is 3. The van der Waals surface area contributed by atoms with E-state index in [9.17, 15) is 13.2 Å². The number of hydrogen-bond donors (Lipinski definition) is 2. The molecule has 0 fully saturated rings. The summed E-state index contributed by atoms with van der Waals surface area (Å²) >= 11 is 5.49. The number of anilines is 3. The van der Waals surface area contributed by atoms with Crippen molar-refractivity contribution in [2.45, 2.75) is 6.18 Å². The van der Waals surface area contributed by atoms with Crippen LogP contribution < -0.4 is 11.1 Å². The van der Waals surface area contributed by atoms with Crippen LogP contribution in [0, 0.1) is 0 Å². The average molecular weight is 290 g/mol. The number of halogens is 4. The van der Waals surface area contributed by atoms with Gasteiger partial charge >= 0.3 is 6.18 Å². The van der Waals surface area contributed by atoms with Gasteiger partial charge in [0.2, 0.25) is 5.28 Å². The Bertz CT molecular complexity index is 602. The lowest BCUT2D eigenvalue weighted by atomic mass is 10.3. The number of pyridine rings is 1. The first-order valence-electron chi connectivity index (χ1n) is 4.95. The Morgan fingerprint density at radius 3 is 2.58 bits per heavy atom. The molecule has 0 saturated carbocycles. The van der Waals surface area contributed by atoms with E-state index in [2.05, 4.69) is 20.3 Å². The highest BCUT2D eigenvalue weighted by atomic mass is 35.5. The zero-order valence-corrected chi connectivity index (χ0v) is 10.00. The smallest absolute Gasteiger partial charge is 0.384 e. The summed E-state index contributed by atoms with van der Waals surface area (Å²) in [7, 11) is 0. The van der Waals surface area contributed by atoms with Crippen LogP contribution in [-0.4, -0.2) is 15.0 Å². The second-order valence-corrected chi connectivity index (χ2v) is 3.81. The molecule has 100 valence electrons. The number of alkyl halides is 3. The maximum Gasteiger partial charge on any atom is 0.421 e. The molecule has 0 unspecified atom stereocenters. The van der Waals surface area contributed by atoms with E-state index in [0.29, 0.717) is 6.20 Å². The number of nitrogen functional groups attached to an aromatic ring is 1. The van der Waals surface area contributed by atoms with E-state index in [0.717, 1.165) is 0 Å². The first-order chi connectivity index (χ1) is 8.86. The highest BCUT2D eigenvalue weighted by Crippen LogP contribution is 2.34. The van der Waals surface area contributed by atoms with Gasteiger partial charge in [-0.1, -0.05) is 6.07 Å². The summed E-state index contributed by atoms with van der Waals surface area (Å²) in [6.45, 7) is 0. The van der Waals surface area contributed by atoms with Crippen molar-refractivity contribution in [1.29, 1.82) is 0 Å². The Kier molecular flexibility index (Phi) is 3.43. The Hall–Kier alpha value is -2.09. The molecule has 2 rings (SSSR count). The summed E-state index contributed by atoms with van der Waals surface area (Å²) in [4.78, 5) is 10.6. The fourth-order valence-corrected chi connectivity index (χ4v) is 1.44. The molecule has 19 heavy (non-hydrogen) atoms. The maximum absolute atomic E-state index is 12.8. The molecule has 0 saturated heterocycles. The lowest BCUT2D eigenvalue weighted by molar-refractivity contribution is -0.137. The number of aromatic nitrogens is 3. The molecule has 5 nitrogen and oxygen atoms in total. The van der Waals surface area contributed by atoms with Gasteiger partial charge in [0.05, 0.1) is 0 Å². The van der Waals surface area contributed by atoms with Crippen LogP contribution in [0.2, 0.25) is 5.28 Å². The van der Waals surface area contributed by atoms with Crippen LogP contribution in [0.1, 0.15) is 5.56 Å². The summed E-state index contributed by atoms with van der Waals surface area (Å²) in [5.74, 6) is -0.190. The summed E-state index contributed by atoms with van der Waals surface area (Å²) in [6, 6.07) is 4.50. The molecule has 0 aliphatic heterocycles. The summed E-state index contributed by atoms with van der Waals surface area (Å²) in [6.07, 6.45) is -4.00. The van der Waals surface area contributed by atoms with Gasteiger partial charge in [0.15, 0.2) is 0 Å². The molecule has 0 spiro atoms. The first kappa shape index (κ1) is 13.3. The molecule has 0 aliphatic carbocycles. The van der Waals surface area contributed by atoms with Crippen molar-refractivity contribution in [2.75, 3.05) is 11.1 Å². The fraction of sp³-hybridized carbons (Fsp3) is 0.100. The SMILES string of the molecule is Nc1cccc(Nc2nc(Cl)ncc2C(F)(F)F)n1. The van der Waals surface area contributed by atoms with Gasteiger partial charge in [-0.2, -0.15) is 18.2 Å². The van der Waals surface area contributed by atoms with Gasteiger partial charge in [0.1, 0.15) is 23.0 Å². The van der Waals surface area contributed by atoms with Crippen LogP contribution in [0.25, 0.3) is 0 Å². The van der Waals surface area contributed by atoms with Crippen LogP contribution in [0.4, 0.5) is 30.6 Å². The van der Waals surface area contributed by atoms with Gasteiger partial charge < -0.3 is 11.1 Å². The predicted molar refractivity (Wildman–Crippen MR) is 64.0 cm³/mol. The minimum absolute atomic E-state index is 0.125. The van der Waals surface area contributed by atoms with Crippen molar-refractivity contribution in [3.63, 3.8) is 0 Å². The monoisotopic (exact) mass is 289 g/mol. The van der Waals surface area contributed by atoms with Crippen molar-refractivity contribution in [3.8, 4) is 0 Å². The molecule has 2 aromatic heterocycles. The Labute approximate surface area is 110 Å². The van der Waals surface area contributed by atoms with Crippen LogP contribution >= 0.6 is 11.6 Å². The highest BCUT2D eigenvalue weighted by Gasteiger charge is 2.35. The normalized spacial score (nSPS) is 11.4. The summed E-state index contributed by atoms with van der Waals surface area (Å²) < 4.78 is 38.3. The highest BCUT2D eigenvalue weighted by molar-refractivity contribution is 6.28. The molecule has 0 bridgehead atoms. The van der Waals surface area contributed by atoms with E-state index in [1.54, 1.807) is 6.07 Å². The van der Waals surface area contributed by atoms with Crippen molar-refractivity contribution in [3.05, 3.63) is 35.2 Å². The second kappa shape index (κ2) is 4.88. The predicted octanol–water partition coefficient (Wildman–Crippen LogP) is 2.87. The minimum Gasteiger partial charge on any atom is -0.384 e. The van der Waals surface area contributed by atoms with Gasteiger partial charge in [-0.15, -0.1) is 0 Å². The molecule has 0 radical (unpaired) electrons. The average Bonchev–Trinajstić information content (AvgIpc) is 2.27. The van der Waals surface area contributed by atoms with Gasteiger partial charge in [-0.05, 0) is 23.7 Å². The lowest BCUT2D eigenvalue weighted by Gasteiger charge is -2.12. The first-order valence-corrected chi connectivity index (χ1v) is 5.33. The van der Waals surface area contributed by atoms with E-state index in [4.69, 9.17) is 17.3 Å². The van der Waals surface area contributed by atoms with Gasteiger partial charge in [-0.25, -0.2) is 9.97 Å². The molecule has 9 heteroatoms. The molecular weight excluding hydrogens is 283 g/mol. The zero-order valence-electron chi connectivity index (χ0n) is 9.24. The molecule has 0 atom stereocenters. The molecule has 0 amide bonds. The third kappa shape index (κ3) is 3.22. The van der Waals surface area contributed by atoms with Gasteiger partial charge in [-0.3, -0.25) is 0 Å². The van der Waals surface area contributed by atoms with Crippen LogP contribution in [0.5, 0.6) is 0 Å². The Balaban J connectivity index is 2.41. The van der Waals surface area contributed by atoms with Gasteiger partial charge in [0.25, 0.3) is 0 Å². The van der Waals surface area contributed by atoms with Crippen molar-refractivity contribution < 1.29 is 13.2 Å². The topological polar surface area (TPSA) is 76.7 Å². The molecular formula is C10H7ClF3N5. The number of hydrogen-bond acceptors (Lipinski definition) is 5. The van der Waals surface area contributed by atoms with E-state index in [1.165, 1.54) is 12.1 Å². The third-order valence-electron chi connectivity index (χ3n) is 2.08. The number of nitrogens with two attached hydrogens (primary N) is 1.